The predicted octanol–water partition coefficient (Wildman–Crippen LogP) is 3.05. The summed E-state index contributed by atoms with van der Waals surface area (Å²) in [6.07, 6.45) is -9.94. The number of alkyl halides is 6. The third kappa shape index (κ3) is 3.38. The average molecular weight is 326 g/mol. The molecule has 0 radical (unpaired) electrons. The van der Waals surface area contributed by atoms with Crippen molar-refractivity contribution in [1.29, 1.82) is 0 Å². The zero-order valence-electron chi connectivity index (χ0n) is 7.54. The van der Waals surface area contributed by atoms with Crippen molar-refractivity contribution in [3.63, 3.8) is 0 Å². The standard InChI is InChI=1S/C7H2BrF6NO2/c8-3-2(6(9,10)11)1-15-5(16)4(3)17-7(12,13)14/h1H,(H,15,16). The Morgan fingerprint density at radius 3 is 2.12 bits per heavy atom. The van der Waals surface area contributed by atoms with Gasteiger partial charge in [-0.2, -0.15) is 13.2 Å². The molecule has 1 heterocycles. The molecule has 17 heavy (non-hydrogen) atoms. The lowest BCUT2D eigenvalue weighted by molar-refractivity contribution is -0.275. The molecule has 0 aliphatic heterocycles. The van der Waals surface area contributed by atoms with Gasteiger partial charge in [0, 0.05) is 6.20 Å². The summed E-state index contributed by atoms with van der Waals surface area (Å²) < 4.78 is 74.6. The molecule has 0 spiro atoms. The van der Waals surface area contributed by atoms with Gasteiger partial charge in [-0.3, -0.25) is 4.79 Å². The first-order valence-corrected chi connectivity index (χ1v) is 4.56. The topological polar surface area (TPSA) is 42.1 Å². The molecule has 3 nitrogen and oxygen atoms in total. The van der Waals surface area contributed by atoms with E-state index in [-0.39, 0.29) is 6.20 Å². The lowest BCUT2D eigenvalue weighted by Gasteiger charge is -2.13. The summed E-state index contributed by atoms with van der Waals surface area (Å²) in [6.45, 7) is 0. The zero-order chi connectivity index (χ0) is 13.4. The Labute approximate surface area is 97.5 Å². The molecule has 0 unspecified atom stereocenters. The highest BCUT2D eigenvalue weighted by Gasteiger charge is 2.38. The van der Waals surface area contributed by atoms with Crippen molar-refractivity contribution in [3.8, 4) is 5.75 Å². The smallest absolute Gasteiger partial charge is 0.399 e. The van der Waals surface area contributed by atoms with Crippen LogP contribution >= 0.6 is 15.9 Å². The Hall–Kier alpha value is -1.19. The van der Waals surface area contributed by atoms with E-state index in [1.807, 2.05) is 0 Å². The Morgan fingerprint density at radius 1 is 1.18 bits per heavy atom. The second-order valence-electron chi connectivity index (χ2n) is 2.72. The summed E-state index contributed by atoms with van der Waals surface area (Å²) in [5.74, 6) is -1.49. The van der Waals surface area contributed by atoms with Crippen LogP contribution in [-0.4, -0.2) is 11.3 Å². The number of pyridine rings is 1. The molecule has 10 heteroatoms. The lowest BCUT2D eigenvalue weighted by Crippen LogP contribution is -2.24. The van der Waals surface area contributed by atoms with Crippen molar-refractivity contribution in [3.05, 3.63) is 26.6 Å². The van der Waals surface area contributed by atoms with Gasteiger partial charge in [0.15, 0.2) is 0 Å². The van der Waals surface area contributed by atoms with Crippen molar-refractivity contribution in [1.82, 2.24) is 4.98 Å². The predicted molar refractivity (Wildman–Crippen MR) is 46.4 cm³/mol. The summed E-state index contributed by atoms with van der Waals surface area (Å²) in [5.41, 5.74) is -2.90. The molecular formula is C7H2BrF6NO2. The van der Waals surface area contributed by atoms with E-state index in [0.717, 1.165) is 0 Å². The van der Waals surface area contributed by atoms with Crippen LogP contribution in [0.5, 0.6) is 5.75 Å². The van der Waals surface area contributed by atoms with E-state index in [0.29, 0.717) is 0 Å². The van der Waals surface area contributed by atoms with Gasteiger partial charge < -0.3 is 9.72 Å². The first-order chi connectivity index (χ1) is 7.52. The highest BCUT2D eigenvalue weighted by atomic mass is 79.9. The Morgan fingerprint density at radius 2 is 1.71 bits per heavy atom. The van der Waals surface area contributed by atoms with E-state index in [1.54, 1.807) is 0 Å². The molecule has 0 aliphatic rings. The van der Waals surface area contributed by atoms with Crippen molar-refractivity contribution in [2.75, 3.05) is 0 Å². The largest absolute Gasteiger partial charge is 0.573 e. The minimum Gasteiger partial charge on any atom is -0.399 e. The number of hydrogen-bond acceptors (Lipinski definition) is 2. The van der Waals surface area contributed by atoms with Crippen LogP contribution in [0.3, 0.4) is 0 Å². The van der Waals surface area contributed by atoms with E-state index in [2.05, 4.69) is 20.7 Å². The van der Waals surface area contributed by atoms with Crippen LogP contribution in [-0.2, 0) is 6.18 Å². The van der Waals surface area contributed by atoms with Crippen molar-refractivity contribution >= 4 is 15.9 Å². The lowest BCUT2D eigenvalue weighted by atomic mass is 10.2. The van der Waals surface area contributed by atoms with Crippen LogP contribution in [0.2, 0.25) is 0 Å². The van der Waals surface area contributed by atoms with Crippen LogP contribution in [0.15, 0.2) is 15.5 Å². The monoisotopic (exact) mass is 325 g/mol. The Balaban J connectivity index is 3.36. The van der Waals surface area contributed by atoms with Crippen molar-refractivity contribution < 1.29 is 31.1 Å². The van der Waals surface area contributed by atoms with Gasteiger partial charge in [0.25, 0.3) is 5.56 Å². The zero-order valence-corrected chi connectivity index (χ0v) is 9.13. The third-order valence-electron chi connectivity index (χ3n) is 1.51. The first-order valence-electron chi connectivity index (χ1n) is 3.76. The second kappa shape index (κ2) is 4.24. The maximum Gasteiger partial charge on any atom is 0.573 e. The number of aromatic amines is 1. The SMILES string of the molecule is O=c1[nH]cc(C(F)(F)F)c(Br)c1OC(F)(F)F. The summed E-state index contributed by atoms with van der Waals surface area (Å²) >= 11 is 2.26. The minimum absolute atomic E-state index is 0.246. The number of aromatic nitrogens is 1. The molecule has 96 valence electrons. The maximum atomic E-state index is 12.3. The van der Waals surface area contributed by atoms with Crippen LogP contribution in [0.1, 0.15) is 5.56 Å². The second-order valence-corrected chi connectivity index (χ2v) is 3.51. The van der Waals surface area contributed by atoms with Crippen LogP contribution in [0, 0.1) is 0 Å². The van der Waals surface area contributed by atoms with Gasteiger partial charge in [-0.05, 0) is 15.9 Å². The highest BCUT2D eigenvalue weighted by Crippen LogP contribution is 2.38. The van der Waals surface area contributed by atoms with Crippen LogP contribution in [0.25, 0.3) is 0 Å². The van der Waals surface area contributed by atoms with Gasteiger partial charge in [-0.1, -0.05) is 0 Å². The Kier molecular flexibility index (Phi) is 3.46. The van der Waals surface area contributed by atoms with E-state index in [9.17, 15) is 31.1 Å². The Bertz CT molecular complexity index is 477. The molecule has 1 N–H and O–H groups in total. The fourth-order valence-electron chi connectivity index (χ4n) is 0.902. The number of rotatable bonds is 1. The van der Waals surface area contributed by atoms with E-state index in [4.69, 9.17) is 0 Å². The summed E-state index contributed by atoms with van der Waals surface area (Å²) in [4.78, 5) is 12.4. The van der Waals surface area contributed by atoms with E-state index < -0.39 is 33.9 Å². The maximum absolute atomic E-state index is 12.3. The minimum atomic E-state index is -5.26. The molecule has 0 saturated carbocycles. The molecule has 0 bridgehead atoms. The van der Waals surface area contributed by atoms with Gasteiger partial charge in [0.05, 0.1) is 10.0 Å². The van der Waals surface area contributed by atoms with Crippen LogP contribution in [0.4, 0.5) is 26.3 Å². The number of halogens is 7. The molecule has 0 atom stereocenters. The van der Waals surface area contributed by atoms with E-state index >= 15 is 0 Å². The average Bonchev–Trinajstić information content (AvgIpc) is 2.08. The normalized spacial score (nSPS) is 12.6. The molecule has 1 aromatic heterocycles. The highest BCUT2D eigenvalue weighted by molar-refractivity contribution is 9.10. The quantitative estimate of drug-likeness (QED) is 0.806. The van der Waals surface area contributed by atoms with Gasteiger partial charge in [-0.25, -0.2) is 0 Å². The molecule has 0 saturated heterocycles. The van der Waals surface area contributed by atoms with Crippen molar-refractivity contribution in [2.45, 2.75) is 12.5 Å². The number of H-pyrrole nitrogens is 1. The molecule has 1 rings (SSSR count). The third-order valence-corrected chi connectivity index (χ3v) is 2.30. The fourth-order valence-corrected chi connectivity index (χ4v) is 1.50. The van der Waals surface area contributed by atoms with Gasteiger partial charge in [0.1, 0.15) is 0 Å². The fraction of sp³-hybridized carbons (Fsp3) is 0.286. The molecule has 0 aromatic carbocycles. The summed E-state index contributed by atoms with van der Waals surface area (Å²) in [7, 11) is 0. The molecule has 0 amide bonds. The molecule has 0 aliphatic carbocycles. The summed E-state index contributed by atoms with van der Waals surface area (Å²) in [5, 5.41) is 0. The van der Waals surface area contributed by atoms with Gasteiger partial charge in [-0.15, -0.1) is 13.2 Å². The van der Waals surface area contributed by atoms with Gasteiger partial charge in [0.2, 0.25) is 5.75 Å². The van der Waals surface area contributed by atoms with E-state index in [1.165, 1.54) is 4.98 Å². The molecule has 1 aromatic rings. The summed E-state index contributed by atoms with van der Waals surface area (Å²) in [6, 6.07) is 0. The van der Waals surface area contributed by atoms with Crippen LogP contribution < -0.4 is 10.3 Å². The molecular weight excluding hydrogens is 324 g/mol. The van der Waals surface area contributed by atoms with Crippen molar-refractivity contribution in [2.24, 2.45) is 0 Å². The first kappa shape index (κ1) is 13.9. The number of hydrogen-bond donors (Lipinski definition) is 1. The number of nitrogens with one attached hydrogen (secondary N) is 1. The number of ether oxygens (including phenoxy) is 1. The molecule has 0 fully saturated rings. The van der Waals surface area contributed by atoms with Gasteiger partial charge >= 0.3 is 12.5 Å².